The summed E-state index contributed by atoms with van der Waals surface area (Å²) in [6.07, 6.45) is -0.938. The van der Waals surface area contributed by atoms with Gasteiger partial charge in [-0.25, -0.2) is 13.6 Å². The van der Waals surface area contributed by atoms with E-state index in [2.05, 4.69) is 0 Å². The number of amides is 2. The van der Waals surface area contributed by atoms with Crippen molar-refractivity contribution >= 4 is 12.0 Å². The molecule has 1 aliphatic heterocycles. The van der Waals surface area contributed by atoms with Gasteiger partial charge in [-0.05, 0) is 35.4 Å². The Hall–Kier alpha value is -2.76. The van der Waals surface area contributed by atoms with Crippen molar-refractivity contribution in [1.82, 2.24) is 5.32 Å². The number of imide groups is 1. The maximum atomic E-state index is 13.6. The third kappa shape index (κ3) is 1.36. The maximum Gasteiger partial charge on any atom is 0.415 e. The molecule has 4 nitrogen and oxygen atoms in total. The average molecular weight is 287 g/mol. The minimum absolute atomic E-state index is 0.200. The molecule has 6 heteroatoms. The van der Waals surface area contributed by atoms with E-state index >= 15 is 0 Å². The first-order valence-electron chi connectivity index (χ1n) is 6.17. The maximum absolute atomic E-state index is 13.6. The van der Waals surface area contributed by atoms with Crippen molar-refractivity contribution in [3.63, 3.8) is 0 Å². The number of hydrogen-bond acceptors (Lipinski definition) is 3. The Kier molecular flexibility index (Phi) is 2.10. The highest BCUT2D eigenvalue weighted by Crippen LogP contribution is 2.51. The van der Waals surface area contributed by atoms with Gasteiger partial charge in [0.1, 0.15) is 11.6 Å². The largest absolute Gasteiger partial charge is 0.422 e. The van der Waals surface area contributed by atoms with Gasteiger partial charge in [0.15, 0.2) is 0 Å². The van der Waals surface area contributed by atoms with Gasteiger partial charge in [0, 0.05) is 11.1 Å². The molecule has 4 rings (SSSR count). The standard InChI is InChI=1S/C15H7F2NO3/c16-7-1-3-9-10-4-2-8(17)6-12(10)15(11(9)5-7)13(19)18-14(20)21-15/h1-6H,(H,18,19,20). The number of fused-ring (bicyclic) bond motifs is 5. The van der Waals surface area contributed by atoms with E-state index in [-0.39, 0.29) is 11.1 Å². The van der Waals surface area contributed by atoms with Gasteiger partial charge in [-0.15, -0.1) is 0 Å². The molecule has 1 aliphatic carbocycles. The van der Waals surface area contributed by atoms with Crippen LogP contribution in [-0.4, -0.2) is 12.0 Å². The molecule has 0 atom stereocenters. The fraction of sp³-hybridized carbons (Fsp3) is 0.0667. The highest BCUT2D eigenvalue weighted by atomic mass is 19.1. The zero-order valence-electron chi connectivity index (χ0n) is 10.4. The Morgan fingerprint density at radius 1 is 0.905 bits per heavy atom. The molecule has 2 aliphatic rings. The van der Waals surface area contributed by atoms with E-state index < -0.39 is 29.2 Å². The fourth-order valence-electron chi connectivity index (χ4n) is 2.98. The normalized spacial score (nSPS) is 17.4. The zero-order chi connectivity index (χ0) is 14.8. The summed E-state index contributed by atoms with van der Waals surface area (Å²) in [4.78, 5) is 23.7. The summed E-state index contributed by atoms with van der Waals surface area (Å²) in [6, 6.07) is 7.70. The third-order valence-corrected chi connectivity index (χ3v) is 3.79. The highest BCUT2D eigenvalue weighted by molar-refractivity contribution is 6.09. The second-order valence-electron chi connectivity index (χ2n) is 4.90. The van der Waals surface area contributed by atoms with Gasteiger partial charge in [0.25, 0.3) is 5.91 Å². The van der Waals surface area contributed by atoms with Crippen LogP contribution in [0.1, 0.15) is 11.1 Å². The summed E-state index contributed by atoms with van der Waals surface area (Å²) in [6.45, 7) is 0. The minimum Gasteiger partial charge on any atom is -0.422 e. The Morgan fingerprint density at radius 3 is 1.86 bits per heavy atom. The molecule has 0 aromatic heterocycles. The van der Waals surface area contributed by atoms with Crippen LogP contribution >= 0.6 is 0 Å². The number of benzene rings is 2. The molecule has 21 heavy (non-hydrogen) atoms. The molecule has 1 saturated heterocycles. The summed E-state index contributed by atoms with van der Waals surface area (Å²) >= 11 is 0. The van der Waals surface area contributed by atoms with E-state index in [0.29, 0.717) is 11.1 Å². The van der Waals surface area contributed by atoms with E-state index in [9.17, 15) is 18.4 Å². The zero-order valence-corrected chi connectivity index (χ0v) is 10.4. The number of ether oxygens (including phenoxy) is 1. The first kappa shape index (κ1) is 12.0. The number of hydrogen-bond donors (Lipinski definition) is 1. The summed E-state index contributed by atoms with van der Waals surface area (Å²) in [5.41, 5.74) is -0.336. The van der Waals surface area contributed by atoms with Crippen molar-refractivity contribution in [2.75, 3.05) is 0 Å². The highest BCUT2D eigenvalue weighted by Gasteiger charge is 2.57. The summed E-state index contributed by atoms with van der Waals surface area (Å²) in [5, 5.41) is 2.03. The lowest BCUT2D eigenvalue weighted by Crippen LogP contribution is -2.36. The summed E-state index contributed by atoms with van der Waals surface area (Å²) in [7, 11) is 0. The third-order valence-electron chi connectivity index (χ3n) is 3.79. The Labute approximate surface area is 117 Å². The van der Waals surface area contributed by atoms with Crippen LogP contribution in [0.5, 0.6) is 0 Å². The van der Waals surface area contributed by atoms with Crippen LogP contribution in [0.2, 0.25) is 0 Å². The molecule has 1 N–H and O–H groups in total. The number of halogens is 2. The van der Waals surface area contributed by atoms with Crippen LogP contribution in [0.25, 0.3) is 11.1 Å². The smallest absolute Gasteiger partial charge is 0.415 e. The molecular formula is C15H7F2NO3. The van der Waals surface area contributed by atoms with E-state index in [1.807, 2.05) is 5.32 Å². The molecule has 2 aromatic rings. The Bertz CT molecular complexity index is 780. The van der Waals surface area contributed by atoms with Crippen molar-refractivity contribution in [3.8, 4) is 11.1 Å². The molecule has 2 amide bonds. The average Bonchev–Trinajstić information content (AvgIpc) is 2.87. The monoisotopic (exact) mass is 287 g/mol. The first-order chi connectivity index (χ1) is 10.0. The van der Waals surface area contributed by atoms with Gasteiger partial charge in [-0.2, -0.15) is 0 Å². The molecule has 1 heterocycles. The topological polar surface area (TPSA) is 55.4 Å². The predicted octanol–water partition coefficient (Wildman–Crippen LogP) is 2.46. The number of rotatable bonds is 0. The van der Waals surface area contributed by atoms with Crippen molar-refractivity contribution < 1.29 is 23.1 Å². The molecule has 0 bridgehead atoms. The molecule has 0 saturated carbocycles. The first-order valence-corrected chi connectivity index (χ1v) is 6.17. The lowest BCUT2D eigenvalue weighted by atomic mass is 9.91. The van der Waals surface area contributed by atoms with Crippen molar-refractivity contribution in [1.29, 1.82) is 0 Å². The fourth-order valence-corrected chi connectivity index (χ4v) is 2.98. The van der Waals surface area contributed by atoms with Crippen LogP contribution in [0.4, 0.5) is 13.6 Å². The van der Waals surface area contributed by atoms with Crippen LogP contribution in [0.15, 0.2) is 36.4 Å². The van der Waals surface area contributed by atoms with E-state index in [0.717, 1.165) is 12.1 Å². The number of nitrogens with one attached hydrogen (secondary N) is 1. The van der Waals surface area contributed by atoms with Crippen molar-refractivity contribution in [3.05, 3.63) is 59.2 Å². The van der Waals surface area contributed by atoms with Gasteiger partial charge in [0.2, 0.25) is 5.60 Å². The molecule has 0 unspecified atom stereocenters. The summed E-state index contributed by atoms with van der Waals surface area (Å²) in [5.74, 6) is -1.89. The molecular weight excluding hydrogens is 280 g/mol. The van der Waals surface area contributed by atoms with E-state index in [1.54, 1.807) is 0 Å². The lowest BCUT2D eigenvalue weighted by Gasteiger charge is -2.21. The van der Waals surface area contributed by atoms with Crippen LogP contribution in [0.3, 0.4) is 0 Å². The summed E-state index contributed by atoms with van der Waals surface area (Å²) < 4.78 is 32.3. The second-order valence-corrected chi connectivity index (χ2v) is 4.90. The van der Waals surface area contributed by atoms with E-state index in [1.165, 1.54) is 24.3 Å². The molecule has 2 aromatic carbocycles. The minimum atomic E-state index is -1.81. The number of carbonyl (C=O) groups is 2. The number of carbonyl (C=O) groups excluding carboxylic acids is 2. The van der Waals surface area contributed by atoms with Gasteiger partial charge < -0.3 is 4.74 Å². The van der Waals surface area contributed by atoms with Crippen LogP contribution < -0.4 is 5.32 Å². The lowest BCUT2D eigenvalue weighted by molar-refractivity contribution is -0.128. The van der Waals surface area contributed by atoms with E-state index in [4.69, 9.17) is 4.74 Å². The SMILES string of the molecule is O=C1NC(=O)C2(O1)c1cc(F)ccc1-c1ccc(F)cc12. The molecule has 104 valence electrons. The number of alkyl carbamates (subject to hydrolysis) is 1. The van der Waals surface area contributed by atoms with Crippen molar-refractivity contribution in [2.24, 2.45) is 0 Å². The van der Waals surface area contributed by atoms with Crippen LogP contribution in [-0.2, 0) is 15.1 Å². The van der Waals surface area contributed by atoms with Gasteiger partial charge in [-0.1, -0.05) is 12.1 Å². The predicted molar refractivity (Wildman–Crippen MR) is 67.2 cm³/mol. The quantitative estimate of drug-likeness (QED) is 0.809. The van der Waals surface area contributed by atoms with Gasteiger partial charge in [-0.3, -0.25) is 10.1 Å². The second kappa shape index (κ2) is 3.66. The van der Waals surface area contributed by atoms with Gasteiger partial charge >= 0.3 is 6.09 Å². The Balaban J connectivity index is 2.12. The van der Waals surface area contributed by atoms with Crippen LogP contribution in [0, 0.1) is 11.6 Å². The molecule has 1 fully saturated rings. The van der Waals surface area contributed by atoms with Gasteiger partial charge in [0.05, 0.1) is 0 Å². The molecule has 0 radical (unpaired) electrons. The molecule has 1 spiro atoms. The Morgan fingerprint density at radius 2 is 1.43 bits per heavy atom. The van der Waals surface area contributed by atoms with Crippen molar-refractivity contribution in [2.45, 2.75) is 5.60 Å².